The molecule has 1 fully saturated rings. The van der Waals surface area contributed by atoms with Crippen LogP contribution < -0.4 is 4.74 Å². The molecule has 0 N–H and O–H groups in total. The molecule has 0 saturated carbocycles. The summed E-state index contributed by atoms with van der Waals surface area (Å²) >= 11 is 1.57. The lowest BCUT2D eigenvalue weighted by molar-refractivity contribution is -0.128. The monoisotopic (exact) mass is 355 g/mol. The first-order valence-electron chi connectivity index (χ1n) is 8.01. The van der Waals surface area contributed by atoms with Gasteiger partial charge >= 0.3 is 0 Å². The van der Waals surface area contributed by atoms with Gasteiger partial charge in [-0.1, -0.05) is 23.4 Å². The van der Waals surface area contributed by atoms with E-state index in [1.165, 1.54) is 0 Å². The van der Waals surface area contributed by atoms with Crippen molar-refractivity contribution in [2.45, 2.75) is 18.9 Å². The number of likely N-dealkylation sites (tertiary alicyclic amines) is 1. The van der Waals surface area contributed by atoms with Gasteiger partial charge in [-0.3, -0.25) is 4.79 Å². The lowest BCUT2D eigenvalue weighted by Gasteiger charge is -2.16. The Morgan fingerprint density at radius 1 is 1.32 bits per heavy atom. The lowest BCUT2D eigenvalue weighted by Crippen LogP contribution is -2.24. The summed E-state index contributed by atoms with van der Waals surface area (Å²) in [5, 5.41) is 6.01. The van der Waals surface area contributed by atoms with Gasteiger partial charge in [-0.05, 0) is 29.1 Å². The molecule has 3 aromatic rings. The number of hydrogen-bond donors (Lipinski definition) is 0. The maximum Gasteiger partial charge on any atom is 0.232 e. The van der Waals surface area contributed by atoms with E-state index in [0.717, 1.165) is 16.2 Å². The predicted octanol–water partition coefficient (Wildman–Crippen LogP) is 3.32. The maximum absolute atomic E-state index is 12.3. The average Bonchev–Trinajstić information content (AvgIpc) is 3.36. The minimum atomic E-state index is -0.0491. The molecule has 0 bridgehead atoms. The molecule has 7 heteroatoms. The number of hydrogen-bond acceptors (Lipinski definition) is 6. The van der Waals surface area contributed by atoms with Gasteiger partial charge in [-0.25, -0.2) is 0 Å². The molecule has 0 spiro atoms. The van der Waals surface area contributed by atoms with E-state index in [-0.39, 0.29) is 11.8 Å². The van der Waals surface area contributed by atoms with Crippen molar-refractivity contribution < 1.29 is 14.1 Å². The fourth-order valence-electron chi connectivity index (χ4n) is 2.95. The van der Waals surface area contributed by atoms with Crippen LogP contribution in [0.5, 0.6) is 5.75 Å². The van der Waals surface area contributed by atoms with Gasteiger partial charge in [0.2, 0.25) is 17.6 Å². The Kier molecular flexibility index (Phi) is 4.23. The van der Waals surface area contributed by atoms with Crippen molar-refractivity contribution in [2.75, 3.05) is 13.7 Å². The molecule has 1 amide bonds. The molecule has 1 aliphatic rings. The van der Waals surface area contributed by atoms with Crippen LogP contribution in [0.3, 0.4) is 0 Å². The molecular weight excluding hydrogens is 338 g/mol. The quantitative estimate of drug-likeness (QED) is 0.702. The number of amides is 1. The number of thiophene rings is 1. The van der Waals surface area contributed by atoms with Crippen LogP contribution in [0.25, 0.3) is 10.7 Å². The molecule has 3 heterocycles. The van der Waals surface area contributed by atoms with Crippen molar-refractivity contribution >= 4 is 17.2 Å². The van der Waals surface area contributed by atoms with Gasteiger partial charge in [0.05, 0.1) is 17.9 Å². The summed E-state index contributed by atoms with van der Waals surface area (Å²) in [5.41, 5.74) is 1.07. The molecule has 128 valence electrons. The minimum Gasteiger partial charge on any atom is -0.497 e. The summed E-state index contributed by atoms with van der Waals surface area (Å²) in [6.45, 7) is 1.17. The number of methoxy groups -OCH3 is 1. The van der Waals surface area contributed by atoms with Crippen molar-refractivity contribution in [2.24, 2.45) is 0 Å². The molecule has 2 aromatic heterocycles. The summed E-state index contributed by atoms with van der Waals surface area (Å²) in [6.07, 6.45) is 0.405. The molecule has 1 aliphatic heterocycles. The highest BCUT2D eigenvalue weighted by molar-refractivity contribution is 7.13. The van der Waals surface area contributed by atoms with E-state index in [0.29, 0.717) is 31.2 Å². The highest BCUT2D eigenvalue weighted by atomic mass is 32.1. The van der Waals surface area contributed by atoms with E-state index < -0.39 is 0 Å². The Balaban J connectivity index is 1.44. The van der Waals surface area contributed by atoms with Crippen LogP contribution in [0, 0.1) is 0 Å². The van der Waals surface area contributed by atoms with Crippen LogP contribution in [0.2, 0.25) is 0 Å². The minimum absolute atomic E-state index is 0.0491. The van der Waals surface area contributed by atoms with Gasteiger partial charge in [-0.2, -0.15) is 4.98 Å². The van der Waals surface area contributed by atoms with Crippen LogP contribution in [-0.2, 0) is 11.3 Å². The van der Waals surface area contributed by atoms with E-state index in [1.54, 1.807) is 18.4 Å². The zero-order chi connectivity index (χ0) is 17.2. The third kappa shape index (κ3) is 3.28. The molecule has 0 unspecified atom stereocenters. The number of carbonyl (C=O) groups is 1. The van der Waals surface area contributed by atoms with Gasteiger partial charge in [-0.15, -0.1) is 11.3 Å². The van der Waals surface area contributed by atoms with E-state index in [1.807, 2.05) is 46.7 Å². The standard InChI is InChI=1S/C18H17N3O3S/c1-23-14-6-4-12(5-7-14)10-21-11-13(9-16(21)22)18-19-17(20-24-18)15-3-2-8-25-15/h2-8,13H,9-11H2,1H3/t13-/m0/s1. The highest BCUT2D eigenvalue weighted by Crippen LogP contribution is 2.30. The van der Waals surface area contributed by atoms with Gasteiger partial charge in [0, 0.05) is 19.5 Å². The molecule has 1 atom stereocenters. The fourth-order valence-corrected chi connectivity index (χ4v) is 3.60. The first kappa shape index (κ1) is 15.8. The smallest absolute Gasteiger partial charge is 0.232 e. The molecule has 4 rings (SSSR count). The SMILES string of the molecule is COc1ccc(CN2C[C@@H](c3nc(-c4cccs4)no3)CC2=O)cc1. The summed E-state index contributed by atoms with van der Waals surface area (Å²) in [4.78, 5) is 19.6. The molecule has 0 radical (unpaired) electrons. The van der Waals surface area contributed by atoms with Crippen LogP contribution in [0.4, 0.5) is 0 Å². The second-order valence-electron chi connectivity index (χ2n) is 5.96. The summed E-state index contributed by atoms with van der Waals surface area (Å²) < 4.78 is 10.6. The number of benzene rings is 1. The molecule has 1 aromatic carbocycles. The number of carbonyl (C=O) groups excluding carboxylic acids is 1. The maximum atomic E-state index is 12.3. The largest absolute Gasteiger partial charge is 0.497 e. The lowest BCUT2D eigenvalue weighted by atomic mass is 10.1. The Hall–Kier alpha value is -2.67. The van der Waals surface area contributed by atoms with Crippen molar-refractivity contribution in [1.82, 2.24) is 15.0 Å². The Morgan fingerprint density at radius 3 is 2.88 bits per heavy atom. The number of aromatic nitrogens is 2. The van der Waals surface area contributed by atoms with Crippen molar-refractivity contribution in [3.05, 3.63) is 53.2 Å². The zero-order valence-electron chi connectivity index (χ0n) is 13.7. The van der Waals surface area contributed by atoms with E-state index in [2.05, 4.69) is 10.1 Å². The predicted molar refractivity (Wildman–Crippen MR) is 93.4 cm³/mol. The molecule has 1 saturated heterocycles. The highest BCUT2D eigenvalue weighted by Gasteiger charge is 2.34. The first-order valence-corrected chi connectivity index (χ1v) is 8.89. The third-order valence-electron chi connectivity index (χ3n) is 4.28. The molecule has 0 aliphatic carbocycles. The number of nitrogens with zero attached hydrogens (tertiary/aromatic N) is 3. The Morgan fingerprint density at radius 2 is 2.16 bits per heavy atom. The van der Waals surface area contributed by atoms with Gasteiger partial charge in [0.15, 0.2) is 0 Å². The van der Waals surface area contributed by atoms with E-state index in [4.69, 9.17) is 9.26 Å². The first-order chi connectivity index (χ1) is 12.2. The van der Waals surface area contributed by atoms with E-state index >= 15 is 0 Å². The summed E-state index contributed by atoms with van der Waals surface area (Å²) in [7, 11) is 1.64. The Labute approximate surface area is 149 Å². The number of rotatable bonds is 5. The number of ether oxygens (including phenoxy) is 1. The van der Waals surface area contributed by atoms with Crippen LogP contribution in [-0.4, -0.2) is 34.6 Å². The van der Waals surface area contributed by atoms with Crippen molar-refractivity contribution in [3.63, 3.8) is 0 Å². The summed E-state index contributed by atoms with van der Waals surface area (Å²) in [5.74, 6) is 1.99. The van der Waals surface area contributed by atoms with E-state index in [9.17, 15) is 4.79 Å². The second kappa shape index (κ2) is 6.68. The normalized spacial score (nSPS) is 17.2. The average molecular weight is 355 g/mol. The second-order valence-corrected chi connectivity index (χ2v) is 6.90. The fraction of sp³-hybridized carbons (Fsp3) is 0.278. The summed E-state index contributed by atoms with van der Waals surface area (Å²) in [6, 6.07) is 11.7. The van der Waals surface area contributed by atoms with Gasteiger partial charge in [0.25, 0.3) is 0 Å². The Bertz CT molecular complexity index is 858. The zero-order valence-corrected chi connectivity index (χ0v) is 14.5. The van der Waals surface area contributed by atoms with Gasteiger partial charge in [0.1, 0.15) is 5.75 Å². The molecule has 6 nitrogen and oxygen atoms in total. The van der Waals surface area contributed by atoms with Crippen LogP contribution in [0.1, 0.15) is 23.8 Å². The molecular formula is C18H17N3O3S. The van der Waals surface area contributed by atoms with Crippen molar-refractivity contribution in [3.8, 4) is 16.5 Å². The topological polar surface area (TPSA) is 68.5 Å². The van der Waals surface area contributed by atoms with Crippen LogP contribution in [0.15, 0.2) is 46.3 Å². The van der Waals surface area contributed by atoms with Gasteiger partial charge < -0.3 is 14.2 Å². The van der Waals surface area contributed by atoms with Crippen molar-refractivity contribution in [1.29, 1.82) is 0 Å². The third-order valence-corrected chi connectivity index (χ3v) is 5.15. The molecule has 25 heavy (non-hydrogen) atoms. The van der Waals surface area contributed by atoms with Crippen LogP contribution >= 0.6 is 11.3 Å².